The molecule has 0 unspecified atom stereocenters. The van der Waals surface area contributed by atoms with Gasteiger partial charge in [0.25, 0.3) is 0 Å². The van der Waals surface area contributed by atoms with Gasteiger partial charge in [-0.15, -0.1) is 22.7 Å². The third-order valence-electron chi connectivity index (χ3n) is 7.56. The minimum atomic E-state index is 0.123. The second-order valence-electron chi connectivity index (χ2n) is 9.54. The Morgan fingerprint density at radius 3 is 2.50 bits per heavy atom. The van der Waals surface area contributed by atoms with Gasteiger partial charge in [0, 0.05) is 42.9 Å². The highest BCUT2D eigenvalue weighted by atomic mass is 32.1. The quantitative estimate of drug-likeness (QED) is 0.377. The number of thiazole rings is 1. The summed E-state index contributed by atoms with van der Waals surface area (Å²) in [5.74, 6) is 1.98. The van der Waals surface area contributed by atoms with Crippen LogP contribution in [0.4, 0.5) is 5.82 Å². The SMILES string of the molecule is Cc1sc2ncnc(N3CCC(C(=O)N4CCC(c5nc6ccccc6s5)CC4)CC3)c2c1C. The summed E-state index contributed by atoms with van der Waals surface area (Å²) in [4.78, 5) is 34.1. The molecule has 1 aromatic carbocycles. The van der Waals surface area contributed by atoms with E-state index >= 15 is 0 Å². The summed E-state index contributed by atoms with van der Waals surface area (Å²) >= 11 is 3.55. The minimum Gasteiger partial charge on any atom is -0.356 e. The number of carbonyl (C=O) groups excluding carboxylic acids is 1. The number of para-hydroxylation sites is 1. The van der Waals surface area contributed by atoms with Gasteiger partial charge < -0.3 is 9.80 Å². The molecule has 34 heavy (non-hydrogen) atoms. The van der Waals surface area contributed by atoms with E-state index in [1.165, 1.54) is 25.5 Å². The van der Waals surface area contributed by atoms with Gasteiger partial charge in [-0.2, -0.15) is 0 Å². The summed E-state index contributed by atoms with van der Waals surface area (Å²) in [6.07, 6.45) is 5.49. The Balaban J connectivity index is 1.07. The van der Waals surface area contributed by atoms with Crippen LogP contribution in [0, 0.1) is 19.8 Å². The monoisotopic (exact) mass is 491 g/mol. The van der Waals surface area contributed by atoms with E-state index in [1.807, 2.05) is 17.4 Å². The standard InChI is InChI=1S/C26H29N5OS2/c1-16-17(2)33-25-22(16)23(27-15-28-25)30-11-9-19(10-12-30)26(32)31-13-7-18(8-14-31)24-29-20-5-3-4-6-21(20)34-24/h3-6,15,18-19H,7-14H2,1-2H3. The maximum absolute atomic E-state index is 13.3. The summed E-state index contributed by atoms with van der Waals surface area (Å²) < 4.78 is 1.26. The summed E-state index contributed by atoms with van der Waals surface area (Å²) in [5.41, 5.74) is 2.38. The lowest BCUT2D eigenvalue weighted by Gasteiger charge is -2.37. The summed E-state index contributed by atoms with van der Waals surface area (Å²) in [7, 11) is 0. The van der Waals surface area contributed by atoms with Crippen molar-refractivity contribution in [2.75, 3.05) is 31.1 Å². The van der Waals surface area contributed by atoms with Crippen LogP contribution in [-0.4, -0.2) is 51.9 Å². The first-order chi connectivity index (χ1) is 16.6. The van der Waals surface area contributed by atoms with Gasteiger partial charge in [-0.3, -0.25) is 4.79 Å². The van der Waals surface area contributed by atoms with Crippen molar-refractivity contribution in [3.63, 3.8) is 0 Å². The Kier molecular flexibility index (Phi) is 5.73. The number of thiophene rings is 1. The first-order valence-corrected chi connectivity index (χ1v) is 13.8. The molecule has 3 aromatic heterocycles. The van der Waals surface area contributed by atoms with E-state index < -0.39 is 0 Å². The van der Waals surface area contributed by atoms with Crippen molar-refractivity contribution >= 4 is 54.8 Å². The maximum atomic E-state index is 13.3. The summed E-state index contributed by atoms with van der Waals surface area (Å²) in [6.45, 7) is 7.75. The second-order valence-corrected chi connectivity index (χ2v) is 11.8. The number of anilines is 1. The molecule has 0 atom stereocenters. The van der Waals surface area contributed by atoms with E-state index in [-0.39, 0.29) is 5.92 Å². The third-order valence-corrected chi connectivity index (χ3v) is 9.87. The lowest BCUT2D eigenvalue weighted by atomic mass is 9.92. The molecular formula is C26H29N5OS2. The smallest absolute Gasteiger partial charge is 0.225 e. The van der Waals surface area contributed by atoms with E-state index in [4.69, 9.17) is 4.98 Å². The Bertz CT molecular complexity index is 1310. The van der Waals surface area contributed by atoms with Gasteiger partial charge in [0.1, 0.15) is 17.0 Å². The molecule has 0 bridgehead atoms. The normalized spacial score (nSPS) is 18.3. The molecule has 2 saturated heterocycles. The van der Waals surface area contributed by atoms with E-state index in [0.717, 1.165) is 68.0 Å². The Hall–Kier alpha value is -2.58. The average Bonchev–Trinajstić information content (AvgIpc) is 3.44. The lowest BCUT2D eigenvalue weighted by molar-refractivity contribution is -0.137. The van der Waals surface area contributed by atoms with Gasteiger partial charge >= 0.3 is 0 Å². The van der Waals surface area contributed by atoms with Crippen LogP contribution in [0.25, 0.3) is 20.4 Å². The number of fused-ring (bicyclic) bond motifs is 2. The number of piperidine rings is 2. The average molecular weight is 492 g/mol. The number of carbonyl (C=O) groups is 1. The number of benzene rings is 1. The molecule has 0 N–H and O–H groups in total. The van der Waals surface area contributed by atoms with E-state index in [0.29, 0.717) is 11.8 Å². The summed E-state index contributed by atoms with van der Waals surface area (Å²) in [6, 6.07) is 8.36. The molecule has 0 aliphatic carbocycles. The van der Waals surface area contributed by atoms with Crippen molar-refractivity contribution < 1.29 is 4.79 Å². The predicted octanol–water partition coefficient (Wildman–Crippen LogP) is 5.54. The molecule has 2 aliphatic rings. The zero-order chi connectivity index (χ0) is 23.2. The molecule has 0 radical (unpaired) electrons. The molecule has 0 saturated carbocycles. The number of nitrogens with zero attached hydrogens (tertiary/aromatic N) is 5. The zero-order valence-electron chi connectivity index (χ0n) is 19.7. The first-order valence-electron chi connectivity index (χ1n) is 12.2. The topological polar surface area (TPSA) is 62.2 Å². The van der Waals surface area contributed by atoms with E-state index in [2.05, 4.69) is 51.8 Å². The zero-order valence-corrected chi connectivity index (χ0v) is 21.3. The highest BCUT2D eigenvalue weighted by Crippen LogP contribution is 2.37. The molecule has 176 valence electrons. The highest BCUT2D eigenvalue weighted by molar-refractivity contribution is 7.19. The Morgan fingerprint density at radius 1 is 0.971 bits per heavy atom. The Labute approximate surface area is 207 Å². The number of amides is 1. The third kappa shape index (κ3) is 3.86. The van der Waals surface area contributed by atoms with Crippen molar-refractivity contribution in [1.82, 2.24) is 19.9 Å². The Morgan fingerprint density at radius 2 is 1.74 bits per heavy atom. The van der Waals surface area contributed by atoms with Crippen LogP contribution >= 0.6 is 22.7 Å². The van der Waals surface area contributed by atoms with Crippen LogP contribution in [0.2, 0.25) is 0 Å². The lowest BCUT2D eigenvalue weighted by Crippen LogP contribution is -2.45. The number of aromatic nitrogens is 3. The van der Waals surface area contributed by atoms with Gasteiger partial charge in [0.2, 0.25) is 5.91 Å². The van der Waals surface area contributed by atoms with Crippen LogP contribution in [0.1, 0.15) is 47.0 Å². The van der Waals surface area contributed by atoms with Gasteiger partial charge in [-0.25, -0.2) is 15.0 Å². The largest absolute Gasteiger partial charge is 0.356 e. The predicted molar refractivity (Wildman–Crippen MR) is 140 cm³/mol. The molecule has 5 heterocycles. The molecule has 1 amide bonds. The molecule has 8 heteroatoms. The molecule has 2 fully saturated rings. The van der Waals surface area contributed by atoms with Crippen LogP contribution in [0.15, 0.2) is 30.6 Å². The molecule has 0 spiro atoms. The fraction of sp³-hybridized carbons (Fsp3) is 0.462. The van der Waals surface area contributed by atoms with Crippen molar-refractivity contribution in [3.05, 3.63) is 46.0 Å². The van der Waals surface area contributed by atoms with Crippen molar-refractivity contribution in [3.8, 4) is 0 Å². The van der Waals surface area contributed by atoms with Crippen molar-refractivity contribution in [1.29, 1.82) is 0 Å². The van der Waals surface area contributed by atoms with Crippen molar-refractivity contribution in [2.24, 2.45) is 5.92 Å². The van der Waals surface area contributed by atoms with Gasteiger partial charge in [-0.1, -0.05) is 12.1 Å². The van der Waals surface area contributed by atoms with Crippen LogP contribution in [0.3, 0.4) is 0 Å². The van der Waals surface area contributed by atoms with Gasteiger partial charge in [-0.05, 0) is 57.2 Å². The fourth-order valence-electron chi connectivity index (χ4n) is 5.41. The van der Waals surface area contributed by atoms with Gasteiger partial charge in [0.15, 0.2) is 0 Å². The van der Waals surface area contributed by atoms with E-state index in [9.17, 15) is 4.79 Å². The number of likely N-dealkylation sites (tertiary alicyclic amines) is 1. The minimum absolute atomic E-state index is 0.123. The first kappa shape index (κ1) is 21.9. The number of hydrogen-bond acceptors (Lipinski definition) is 7. The van der Waals surface area contributed by atoms with Crippen LogP contribution in [-0.2, 0) is 4.79 Å². The molecule has 4 aromatic rings. The van der Waals surface area contributed by atoms with E-state index in [1.54, 1.807) is 17.7 Å². The number of rotatable bonds is 3. The van der Waals surface area contributed by atoms with Crippen LogP contribution in [0.5, 0.6) is 0 Å². The molecular weight excluding hydrogens is 462 g/mol. The molecule has 2 aliphatic heterocycles. The number of aryl methyl sites for hydroxylation is 2. The maximum Gasteiger partial charge on any atom is 0.225 e. The summed E-state index contributed by atoms with van der Waals surface area (Å²) in [5, 5.41) is 2.42. The van der Waals surface area contributed by atoms with Crippen LogP contribution < -0.4 is 4.90 Å². The number of hydrogen-bond donors (Lipinski definition) is 0. The van der Waals surface area contributed by atoms with Gasteiger partial charge in [0.05, 0.1) is 20.6 Å². The second kappa shape index (κ2) is 8.89. The molecule has 6 nitrogen and oxygen atoms in total. The molecule has 6 rings (SSSR count). The van der Waals surface area contributed by atoms with Crippen molar-refractivity contribution in [2.45, 2.75) is 45.4 Å². The highest BCUT2D eigenvalue weighted by Gasteiger charge is 2.33. The fourth-order valence-corrected chi connectivity index (χ4v) is 7.54.